The number of benzene rings is 2. The van der Waals surface area contributed by atoms with Crippen molar-refractivity contribution in [2.75, 3.05) is 31.6 Å². The highest BCUT2D eigenvalue weighted by Crippen LogP contribution is 2.34. The van der Waals surface area contributed by atoms with Gasteiger partial charge in [-0.25, -0.2) is 4.98 Å². The van der Waals surface area contributed by atoms with Gasteiger partial charge in [0.2, 0.25) is 5.43 Å². The predicted molar refractivity (Wildman–Crippen MR) is 182 cm³/mol. The molecule has 2 amide bonds. The molecule has 0 atom stereocenters. The van der Waals surface area contributed by atoms with Gasteiger partial charge in [-0.2, -0.15) is 0 Å². The molecule has 2 aromatic carbocycles. The summed E-state index contributed by atoms with van der Waals surface area (Å²) in [5.41, 5.74) is 4.03. The van der Waals surface area contributed by atoms with Crippen molar-refractivity contribution >= 4 is 45.4 Å². The van der Waals surface area contributed by atoms with E-state index in [1.165, 1.54) is 22.5 Å². The van der Waals surface area contributed by atoms with Crippen molar-refractivity contribution in [3.8, 4) is 5.75 Å². The summed E-state index contributed by atoms with van der Waals surface area (Å²) in [5.74, 6) is 0.467. The summed E-state index contributed by atoms with van der Waals surface area (Å²) in [6, 6.07) is 14.7. The molecule has 0 spiro atoms. The van der Waals surface area contributed by atoms with Crippen LogP contribution < -0.4 is 15.1 Å². The van der Waals surface area contributed by atoms with Crippen molar-refractivity contribution in [1.82, 2.24) is 9.88 Å². The van der Waals surface area contributed by atoms with Gasteiger partial charge < -0.3 is 19.0 Å². The molecule has 0 bridgehead atoms. The van der Waals surface area contributed by atoms with Gasteiger partial charge in [0.05, 0.1) is 17.5 Å². The highest BCUT2D eigenvalue weighted by molar-refractivity contribution is 7.10. The highest BCUT2D eigenvalue weighted by atomic mass is 32.1. The van der Waals surface area contributed by atoms with E-state index in [2.05, 4.69) is 6.58 Å². The third-order valence-electron chi connectivity index (χ3n) is 8.30. The Bertz CT molecular complexity index is 1850. The molecule has 2 aromatic heterocycles. The van der Waals surface area contributed by atoms with Gasteiger partial charge in [0.25, 0.3) is 11.8 Å². The van der Waals surface area contributed by atoms with E-state index < -0.39 is 0 Å². The van der Waals surface area contributed by atoms with Gasteiger partial charge in [0.1, 0.15) is 29.0 Å². The minimum atomic E-state index is -0.346. The molecule has 8 nitrogen and oxygen atoms in total. The van der Waals surface area contributed by atoms with Crippen LogP contribution in [0.25, 0.3) is 16.5 Å². The van der Waals surface area contributed by atoms with E-state index in [1.54, 1.807) is 42.8 Å². The maximum atomic E-state index is 13.8. The van der Waals surface area contributed by atoms with Crippen LogP contribution in [-0.4, -0.2) is 48.4 Å². The van der Waals surface area contributed by atoms with E-state index in [4.69, 9.17) is 23.3 Å². The minimum absolute atomic E-state index is 0.0572. The number of piperidine rings is 1. The largest absolute Gasteiger partial charge is 0.497 e. The maximum absolute atomic E-state index is 13.8. The topological polar surface area (TPSA) is 93.0 Å². The number of carbonyl (C=O) groups excluding carboxylic acids is 2. The number of aromatic nitrogens is 1. The zero-order valence-electron chi connectivity index (χ0n) is 26.8. The zero-order chi connectivity index (χ0) is 34.1. The van der Waals surface area contributed by atoms with E-state index in [-0.39, 0.29) is 28.8 Å². The third kappa shape index (κ3) is 7.41. The molecule has 1 aliphatic rings. The number of thiazole rings is 1. The summed E-state index contributed by atoms with van der Waals surface area (Å²) in [6.45, 7) is 11.2. The number of hydrogen-bond acceptors (Lipinski definition) is 7. The molecule has 1 aliphatic heterocycles. The molecular formula is C36H37F2N3O5S. The number of ether oxygens (including phenoxy) is 1. The Labute approximate surface area is 276 Å². The monoisotopic (exact) mass is 661 g/mol. The smallest absolute Gasteiger partial charge is 0.277 e. The fourth-order valence-electron chi connectivity index (χ4n) is 5.68. The lowest BCUT2D eigenvalue weighted by molar-refractivity contribution is -0.127. The van der Waals surface area contributed by atoms with Crippen LogP contribution in [0.2, 0.25) is 0 Å². The van der Waals surface area contributed by atoms with Crippen molar-refractivity contribution in [2.45, 2.75) is 39.5 Å². The fourth-order valence-corrected chi connectivity index (χ4v) is 6.65. The lowest BCUT2D eigenvalue weighted by atomic mass is 9.91. The van der Waals surface area contributed by atoms with Gasteiger partial charge in [-0.15, -0.1) is 11.3 Å². The number of fused-ring (bicyclic) bond motifs is 1. The van der Waals surface area contributed by atoms with Crippen LogP contribution in [-0.2, 0) is 4.79 Å². The van der Waals surface area contributed by atoms with Crippen LogP contribution in [0.4, 0.5) is 14.8 Å². The van der Waals surface area contributed by atoms with E-state index in [0.717, 1.165) is 40.3 Å². The average Bonchev–Trinajstić information content (AvgIpc) is 3.63. The number of rotatable bonds is 9. The number of hydrogen-bond donors (Lipinski definition) is 0. The summed E-state index contributed by atoms with van der Waals surface area (Å²) in [7, 11) is 1.63. The Morgan fingerprint density at radius 2 is 1.83 bits per heavy atom. The molecule has 1 fully saturated rings. The molecule has 5 rings (SSSR count). The molecule has 11 heteroatoms. The Morgan fingerprint density at radius 3 is 2.45 bits per heavy atom. The van der Waals surface area contributed by atoms with E-state index in [1.807, 2.05) is 56.0 Å². The van der Waals surface area contributed by atoms with E-state index in [0.29, 0.717) is 41.9 Å². The summed E-state index contributed by atoms with van der Waals surface area (Å²) in [4.78, 5) is 48.5. The Kier molecular flexibility index (Phi) is 12.0. The predicted octanol–water partition coefficient (Wildman–Crippen LogP) is 8.08. The second-order valence-corrected chi connectivity index (χ2v) is 11.7. The Hall–Kier alpha value is -4.90. The van der Waals surface area contributed by atoms with E-state index in [9.17, 15) is 14.4 Å². The summed E-state index contributed by atoms with van der Waals surface area (Å²) >= 11 is 1.44. The van der Waals surface area contributed by atoms with Crippen molar-refractivity contribution in [1.29, 1.82) is 0 Å². The number of likely N-dealkylation sites (tertiary alicyclic amines) is 1. The molecule has 4 aromatic rings. The van der Waals surface area contributed by atoms with Crippen molar-refractivity contribution in [2.24, 2.45) is 0 Å². The Balaban J connectivity index is 0.00000245. The lowest BCUT2D eigenvalue weighted by Gasteiger charge is -2.32. The summed E-state index contributed by atoms with van der Waals surface area (Å²) in [5, 5.41) is 3.03. The number of anilines is 1. The molecule has 47 heavy (non-hydrogen) atoms. The van der Waals surface area contributed by atoms with Crippen LogP contribution in [0, 0.1) is 0 Å². The van der Waals surface area contributed by atoms with Gasteiger partial charge >= 0.3 is 0 Å². The van der Waals surface area contributed by atoms with Crippen molar-refractivity contribution in [3.63, 3.8) is 0 Å². The SMILES string of the molecule is C=C/C(C(=O)N1CCC(c2nc(C(=O)N(CC)c3coc4ccccc4c3=O)cs2)CC1)=C(\C(C)=C/C)c1ccc(OC)cc1.FF. The zero-order valence-corrected chi connectivity index (χ0v) is 27.6. The normalized spacial score (nSPS) is 14.2. The van der Waals surface area contributed by atoms with Gasteiger partial charge in [-0.05, 0) is 74.6 Å². The molecule has 3 heterocycles. The number of halogens is 2. The van der Waals surface area contributed by atoms with Crippen LogP contribution in [0.5, 0.6) is 5.75 Å². The second kappa shape index (κ2) is 16.1. The first-order valence-electron chi connectivity index (χ1n) is 15.2. The number of allylic oxidation sites excluding steroid dienone is 3. The molecule has 246 valence electrons. The first-order valence-corrected chi connectivity index (χ1v) is 16.0. The maximum Gasteiger partial charge on any atom is 0.277 e. The first-order chi connectivity index (χ1) is 22.8. The molecule has 0 unspecified atom stereocenters. The molecule has 0 aliphatic carbocycles. The van der Waals surface area contributed by atoms with Gasteiger partial charge in [-0.3, -0.25) is 14.4 Å². The highest BCUT2D eigenvalue weighted by Gasteiger charge is 2.30. The quantitative estimate of drug-likeness (QED) is 0.133. The minimum Gasteiger partial charge on any atom is -0.497 e. The number of nitrogens with zero attached hydrogens (tertiary/aromatic N) is 3. The molecule has 0 saturated carbocycles. The van der Waals surface area contributed by atoms with Gasteiger partial charge in [-0.1, -0.05) is 43.0 Å². The number of para-hydroxylation sites is 1. The number of methoxy groups -OCH3 is 1. The van der Waals surface area contributed by atoms with Crippen molar-refractivity contribution < 1.29 is 27.9 Å². The molecule has 0 N–H and O–H groups in total. The van der Waals surface area contributed by atoms with E-state index >= 15 is 0 Å². The number of amides is 2. The average molecular weight is 662 g/mol. The first kappa shape index (κ1) is 35.0. The second-order valence-electron chi connectivity index (χ2n) is 10.8. The van der Waals surface area contributed by atoms with Gasteiger partial charge in [0.15, 0.2) is 0 Å². The van der Waals surface area contributed by atoms with Crippen LogP contribution in [0.1, 0.15) is 60.6 Å². The van der Waals surface area contributed by atoms with Crippen LogP contribution in [0.15, 0.2) is 99.3 Å². The number of carbonyl (C=O) groups is 2. The fraction of sp³-hybridized carbons (Fsp3) is 0.278. The van der Waals surface area contributed by atoms with Crippen LogP contribution >= 0.6 is 11.3 Å². The standard InChI is InChI=1S/C36H37N3O5S.F2/c1-6-23(4)32(24-13-15-26(43-5)16-14-24)27(7-2)35(41)38-19-17-25(18-20-38)34-37-29(22-45-34)36(42)39(8-3)30-21-44-31-12-10-9-11-28(31)33(30)40;1-2/h6-7,9-16,21-22,25H,2,8,17-20H2,1,3-5H3;/b23-6-,32-27-;. The van der Waals surface area contributed by atoms with Gasteiger partial charge in [0, 0.05) is 45.7 Å². The molecule has 1 saturated heterocycles. The lowest BCUT2D eigenvalue weighted by Crippen LogP contribution is -2.38. The summed E-state index contributed by atoms with van der Waals surface area (Å²) in [6.07, 6.45) is 6.44. The Morgan fingerprint density at radius 1 is 1.15 bits per heavy atom. The molecular weight excluding hydrogens is 624 g/mol. The summed E-state index contributed by atoms with van der Waals surface area (Å²) < 4.78 is 27.0. The molecule has 0 radical (unpaired) electrons. The van der Waals surface area contributed by atoms with Crippen molar-refractivity contribution in [3.05, 3.63) is 117 Å². The third-order valence-corrected chi connectivity index (χ3v) is 9.30. The van der Waals surface area contributed by atoms with Crippen LogP contribution in [0.3, 0.4) is 0 Å².